The topological polar surface area (TPSA) is 96.4 Å². The van der Waals surface area contributed by atoms with Crippen LogP contribution in [0.25, 0.3) is 0 Å². The standard InChI is InChI=1S/C12H11BrN2O4S2/c1-7-4-10(20-11(7)13)21(18,19)15-6-9-5-8(12(16)17)2-3-14-9/h2-5,15H,6H2,1H3,(H,16,17). The highest BCUT2D eigenvalue weighted by Crippen LogP contribution is 2.30. The summed E-state index contributed by atoms with van der Waals surface area (Å²) in [5.41, 5.74) is 1.24. The largest absolute Gasteiger partial charge is 0.478 e. The fourth-order valence-corrected chi connectivity index (χ4v) is 4.78. The molecule has 2 N–H and O–H groups in total. The average molecular weight is 391 g/mol. The quantitative estimate of drug-likeness (QED) is 0.816. The number of thiophene rings is 1. The Labute approximate surface area is 134 Å². The van der Waals surface area contributed by atoms with E-state index in [9.17, 15) is 13.2 Å². The van der Waals surface area contributed by atoms with Crippen LogP contribution in [0.4, 0.5) is 0 Å². The smallest absolute Gasteiger partial charge is 0.335 e. The van der Waals surface area contributed by atoms with E-state index in [0.29, 0.717) is 5.69 Å². The molecule has 2 rings (SSSR count). The van der Waals surface area contributed by atoms with E-state index in [-0.39, 0.29) is 16.3 Å². The van der Waals surface area contributed by atoms with E-state index in [1.165, 1.54) is 18.3 Å². The van der Waals surface area contributed by atoms with Crippen LogP contribution in [0, 0.1) is 6.92 Å². The third-order valence-corrected chi connectivity index (χ3v) is 6.62. The van der Waals surface area contributed by atoms with Crippen molar-refractivity contribution < 1.29 is 18.3 Å². The van der Waals surface area contributed by atoms with Gasteiger partial charge in [0.25, 0.3) is 0 Å². The Morgan fingerprint density at radius 2 is 2.19 bits per heavy atom. The second kappa shape index (κ2) is 6.22. The van der Waals surface area contributed by atoms with Crippen LogP contribution in [0.2, 0.25) is 0 Å². The van der Waals surface area contributed by atoms with Crippen molar-refractivity contribution in [3.8, 4) is 0 Å². The summed E-state index contributed by atoms with van der Waals surface area (Å²) >= 11 is 4.39. The summed E-state index contributed by atoms with van der Waals surface area (Å²) in [6.07, 6.45) is 1.33. The molecule has 0 fully saturated rings. The third-order valence-electron chi connectivity index (χ3n) is 2.61. The average Bonchev–Trinajstić information content (AvgIpc) is 2.78. The molecule has 112 valence electrons. The van der Waals surface area contributed by atoms with E-state index in [2.05, 4.69) is 25.6 Å². The Balaban J connectivity index is 2.15. The minimum absolute atomic E-state index is 0.0638. The number of nitrogens with one attached hydrogen (secondary N) is 1. The first-order valence-corrected chi connectivity index (χ1v) is 8.82. The van der Waals surface area contributed by atoms with Crippen LogP contribution in [0.3, 0.4) is 0 Å². The molecule has 6 nitrogen and oxygen atoms in total. The number of aryl methyl sites for hydroxylation is 1. The number of carboxylic acid groups (broad SMARTS) is 1. The molecule has 0 amide bonds. The first-order valence-electron chi connectivity index (χ1n) is 5.73. The highest BCUT2D eigenvalue weighted by molar-refractivity contribution is 9.11. The van der Waals surface area contributed by atoms with Gasteiger partial charge in [-0.25, -0.2) is 17.9 Å². The molecule has 0 bridgehead atoms. The number of hydrogen-bond donors (Lipinski definition) is 2. The van der Waals surface area contributed by atoms with Gasteiger partial charge in [-0.3, -0.25) is 4.98 Å². The number of nitrogens with zero attached hydrogens (tertiary/aromatic N) is 1. The van der Waals surface area contributed by atoms with Gasteiger partial charge in [0, 0.05) is 6.20 Å². The molecule has 0 saturated heterocycles. The van der Waals surface area contributed by atoms with Gasteiger partial charge in [0.2, 0.25) is 10.0 Å². The van der Waals surface area contributed by atoms with Gasteiger partial charge in [-0.05, 0) is 46.6 Å². The molecule has 0 radical (unpaired) electrons. The first-order chi connectivity index (χ1) is 9.79. The summed E-state index contributed by atoms with van der Waals surface area (Å²) in [6, 6.07) is 4.25. The van der Waals surface area contributed by atoms with E-state index in [1.807, 2.05) is 0 Å². The first kappa shape index (κ1) is 16.1. The zero-order valence-corrected chi connectivity index (χ0v) is 14.0. The van der Waals surface area contributed by atoms with E-state index >= 15 is 0 Å². The summed E-state index contributed by atoms with van der Waals surface area (Å²) in [5, 5.41) is 8.88. The molecule has 0 saturated carbocycles. The highest BCUT2D eigenvalue weighted by atomic mass is 79.9. The predicted octanol–water partition coefficient (Wildman–Crippen LogP) is 2.39. The lowest BCUT2D eigenvalue weighted by molar-refractivity contribution is 0.0696. The van der Waals surface area contributed by atoms with Crippen LogP contribution in [0.5, 0.6) is 0 Å². The fourth-order valence-electron chi connectivity index (χ4n) is 1.51. The molecule has 2 heterocycles. The van der Waals surface area contributed by atoms with Gasteiger partial charge in [-0.2, -0.15) is 0 Å². The van der Waals surface area contributed by atoms with Gasteiger partial charge < -0.3 is 5.11 Å². The van der Waals surface area contributed by atoms with Gasteiger partial charge in [-0.1, -0.05) is 0 Å². The fraction of sp³-hybridized carbons (Fsp3) is 0.167. The van der Waals surface area contributed by atoms with Crippen molar-refractivity contribution in [3.63, 3.8) is 0 Å². The van der Waals surface area contributed by atoms with Crippen LogP contribution < -0.4 is 4.72 Å². The molecule has 2 aromatic rings. The SMILES string of the molecule is Cc1cc(S(=O)(=O)NCc2cc(C(=O)O)ccn2)sc1Br. The molecule has 0 aromatic carbocycles. The number of aromatic carboxylic acids is 1. The number of sulfonamides is 1. The number of hydrogen-bond acceptors (Lipinski definition) is 5. The van der Waals surface area contributed by atoms with Crippen molar-refractivity contribution in [3.05, 3.63) is 45.0 Å². The minimum atomic E-state index is -3.64. The molecular formula is C12H11BrN2O4S2. The molecule has 0 atom stereocenters. The molecular weight excluding hydrogens is 380 g/mol. The maximum absolute atomic E-state index is 12.1. The van der Waals surface area contributed by atoms with E-state index < -0.39 is 16.0 Å². The summed E-state index contributed by atoms with van der Waals surface area (Å²) < 4.78 is 27.6. The zero-order valence-electron chi connectivity index (χ0n) is 10.8. The predicted molar refractivity (Wildman–Crippen MR) is 82.0 cm³/mol. The second-order valence-corrected chi connectivity index (χ2v) is 8.55. The van der Waals surface area contributed by atoms with Crippen molar-refractivity contribution in [1.82, 2.24) is 9.71 Å². The van der Waals surface area contributed by atoms with Crippen LogP contribution in [-0.2, 0) is 16.6 Å². The van der Waals surface area contributed by atoms with Crippen LogP contribution in [0.15, 0.2) is 32.4 Å². The minimum Gasteiger partial charge on any atom is -0.478 e. The Morgan fingerprint density at radius 1 is 1.48 bits per heavy atom. The molecule has 9 heteroatoms. The van der Waals surface area contributed by atoms with Gasteiger partial charge >= 0.3 is 5.97 Å². The molecule has 2 aromatic heterocycles. The second-order valence-electron chi connectivity index (χ2n) is 4.19. The Kier molecular flexibility index (Phi) is 4.77. The van der Waals surface area contributed by atoms with Crippen LogP contribution in [-0.4, -0.2) is 24.5 Å². The third kappa shape index (κ3) is 3.88. The summed E-state index contributed by atoms with van der Waals surface area (Å²) in [6.45, 7) is 1.73. The molecule has 0 aliphatic carbocycles. The summed E-state index contributed by atoms with van der Waals surface area (Å²) in [5.74, 6) is -1.08. The van der Waals surface area contributed by atoms with Crippen molar-refractivity contribution >= 4 is 43.3 Å². The number of rotatable bonds is 5. The Hall–Kier alpha value is -1.29. The molecule has 21 heavy (non-hydrogen) atoms. The van der Waals surface area contributed by atoms with E-state index in [4.69, 9.17) is 5.11 Å². The summed E-state index contributed by atoms with van der Waals surface area (Å²) in [7, 11) is -3.64. The maximum Gasteiger partial charge on any atom is 0.335 e. The Bertz CT molecular complexity index is 767. The normalized spacial score (nSPS) is 11.5. The molecule has 0 aliphatic rings. The van der Waals surface area contributed by atoms with Crippen molar-refractivity contribution in [1.29, 1.82) is 0 Å². The highest BCUT2D eigenvalue weighted by Gasteiger charge is 2.18. The van der Waals surface area contributed by atoms with Gasteiger partial charge in [0.1, 0.15) is 4.21 Å². The van der Waals surface area contributed by atoms with E-state index in [0.717, 1.165) is 20.7 Å². The Morgan fingerprint density at radius 3 is 2.76 bits per heavy atom. The maximum atomic E-state index is 12.1. The zero-order chi connectivity index (χ0) is 15.6. The number of aromatic nitrogens is 1. The van der Waals surface area contributed by atoms with Gasteiger partial charge in [0.15, 0.2) is 0 Å². The lowest BCUT2D eigenvalue weighted by atomic mass is 10.2. The number of halogens is 1. The van der Waals surface area contributed by atoms with Crippen LogP contribution >= 0.6 is 27.3 Å². The monoisotopic (exact) mass is 390 g/mol. The van der Waals surface area contributed by atoms with Crippen molar-refractivity contribution in [2.45, 2.75) is 17.7 Å². The van der Waals surface area contributed by atoms with E-state index in [1.54, 1.807) is 13.0 Å². The molecule has 0 spiro atoms. The number of carbonyl (C=O) groups is 1. The lowest BCUT2D eigenvalue weighted by Crippen LogP contribution is -2.23. The molecule has 0 aliphatic heterocycles. The van der Waals surface area contributed by atoms with Gasteiger partial charge in [0.05, 0.1) is 21.6 Å². The summed E-state index contributed by atoms with van der Waals surface area (Å²) in [4.78, 5) is 14.8. The lowest BCUT2D eigenvalue weighted by Gasteiger charge is -2.05. The number of pyridine rings is 1. The van der Waals surface area contributed by atoms with Crippen molar-refractivity contribution in [2.24, 2.45) is 0 Å². The van der Waals surface area contributed by atoms with Gasteiger partial charge in [-0.15, -0.1) is 11.3 Å². The van der Waals surface area contributed by atoms with Crippen molar-refractivity contribution in [2.75, 3.05) is 0 Å². The van der Waals surface area contributed by atoms with Crippen LogP contribution in [0.1, 0.15) is 21.6 Å². The molecule has 0 unspecified atom stereocenters. The number of carboxylic acids is 1.